The molecule has 0 atom stereocenters. The topological polar surface area (TPSA) is 103 Å². The van der Waals surface area contributed by atoms with Crippen LogP contribution in [0, 0.1) is 0 Å². The fourth-order valence-corrected chi connectivity index (χ4v) is 1.52. The molecule has 0 aliphatic heterocycles. The molecule has 1 rings (SSSR count). The predicted octanol–water partition coefficient (Wildman–Crippen LogP) is 0.716. The third-order valence-corrected chi connectivity index (χ3v) is 2.67. The van der Waals surface area contributed by atoms with E-state index in [1.165, 1.54) is 27.3 Å². The molecule has 3 amide bonds. The summed E-state index contributed by atoms with van der Waals surface area (Å²) in [5, 5.41) is 4.17. The number of imide groups is 1. The van der Waals surface area contributed by atoms with Crippen molar-refractivity contribution in [2.75, 3.05) is 27.9 Å². The van der Waals surface area contributed by atoms with E-state index in [-0.39, 0.29) is 0 Å². The number of urea groups is 1. The number of carbonyl (C=O) groups excluding carboxylic acids is 3. The first kappa shape index (κ1) is 18.0. The Hall–Kier alpha value is -3.03. The van der Waals surface area contributed by atoms with Crippen LogP contribution in [0.5, 0.6) is 11.5 Å². The molecule has 0 fully saturated rings. The van der Waals surface area contributed by atoms with Gasteiger partial charge >= 0.3 is 12.0 Å². The zero-order valence-electron chi connectivity index (χ0n) is 13.0. The highest BCUT2D eigenvalue weighted by Crippen LogP contribution is 2.25. The maximum Gasteiger partial charge on any atom is 0.331 e. The van der Waals surface area contributed by atoms with E-state index in [0.29, 0.717) is 17.1 Å². The summed E-state index contributed by atoms with van der Waals surface area (Å²) in [5.41, 5.74) is 0.639. The van der Waals surface area contributed by atoms with Gasteiger partial charge in [0.1, 0.15) is 11.5 Å². The second-order valence-corrected chi connectivity index (χ2v) is 4.18. The maximum atomic E-state index is 11.5. The lowest BCUT2D eigenvalue weighted by atomic mass is 10.2. The third-order valence-electron chi connectivity index (χ3n) is 2.67. The van der Waals surface area contributed by atoms with Crippen LogP contribution in [0.1, 0.15) is 5.56 Å². The quantitative estimate of drug-likeness (QED) is 0.591. The first-order valence-corrected chi connectivity index (χ1v) is 6.58. The number of hydrogen-bond donors (Lipinski definition) is 2. The lowest BCUT2D eigenvalue weighted by Crippen LogP contribution is -2.39. The first-order chi connectivity index (χ1) is 11.0. The summed E-state index contributed by atoms with van der Waals surface area (Å²) in [6.45, 7) is -0.559. The molecule has 124 valence electrons. The van der Waals surface area contributed by atoms with Crippen LogP contribution in [0.4, 0.5) is 4.79 Å². The van der Waals surface area contributed by atoms with Gasteiger partial charge in [0.05, 0.1) is 14.2 Å². The highest BCUT2D eigenvalue weighted by Gasteiger charge is 2.08. The molecule has 8 heteroatoms. The lowest BCUT2D eigenvalue weighted by Gasteiger charge is -2.07. The van der Waals surface area contributed by atoms with Gasteiger partial charge in [-0.25, -0.2) is 9.59 Å². The third kappa shape index (κ3) is 6.08. The van der Waals surface area contributed by atoms with E-state index in [1.54, 1.807) is 18.2 Å². The SMILES string of the molecule is CNC(=O)NC(=O)COC(=O)/C=C/c1ccc(OC)cc1OC. The van der Waals surface area contributed by atoms with Crippen LogP contribution >= 0.6 is 0 Å². The van der Waals surface area contributed by atoms with E-state index in [9.17, 15) is 14.4 Å². The van der Waals surface area contributed by atoms with Crippen molar-refractivity contribution in [2.45, 2.75) is 0 Å². The Morgan fingerprint density at radius 3 is 2.52 bits per heavy atom. The van der Waals surface area contributed by atoms with Crippen molar-refractivity contribution in [3.05, 3.63) is 29.8 Å². The number of nitrogens with one attached hydrogen (secondary N) is 2. The summed E-state index contributed by atoms with van der Waals surface area (Å²) in [5.74, 6) is -0.318. The van der Waals surface area contributed by atoms with Crippen molar-refractivity contribution in [1.29, 1.82) is 0 Å². The van der Waals surface area contributed by atoms with E-state index in [0.717, 1.165) is 6.08 Å². The van der Waals surface area contributed by atoms with Gasteiger partial charge in [-0.1, -0.05) is 0 Å². The fourth-order valence-electron chi connectivity index (χ4n) is 1.52. The minimum atomic E-state index is -0.729. The molecule has 0 aliphatic rings. The van der Waals surface area contributed by atoms with E-state index in [4.69, 9.17) is 14.2 Å². The average Bonchev–Trinajstić information content (AvgIpc) is 2.57. The molecule has 1 aromatic carbocycles. The number of amides is 3. The van der Waals surface area contributed by atoms with Crippen LogP contribution in [0.2, 0.25) is 0 Å². The summed E-state index contributed by atoms with van der Waals surface area (Å²) in [7, 11) is 4.39. The number of esters is 1. The molecular weight excluding hydrogens is 304 g/mol. The molecular formula is C15H18N2O6. The van der Waals surface area contributed by atoms with E-state index in [1.807, 2.05) is 5.32 Å². The summed E-state index contributed by atoms with van der Waals surface area (Å²) in [6, 6.07) is 4.41. The lowest BCUT2D eigenvalue weighted by molar-refractivity contribution is -0.143. The molecule has 1 aromatic rings. The van der Waals surface area contributed by atoms with E-state index >= 15 is 0 Å². The second kappa shape index (κ2) is 9.08. The molecule has 0 aromatic heterocycles. The van der Waals surface area contributed by atoms with E-state index < -0.39 is 24.5 Å². The van der Waals surface area contributed by atoms with Crippen LogP contribution in [0.3, 0.4) is 0 Å². The smallest absolute Gasteiger partial charge is 0.331 e. The summed E-state index contributed by atoms with van der Waals surface area (Å²) in [6.07, 6.45) is 2.63. The Kier molecular flexibility index (Phi) is 7.12. The Balaban J connectivity index is 2.58. The zero-order valence-corrected chi connectivity index (χ0v) is 13.0. The van der Waals surface area contributed by atoms with Crippen LogP contribution in [-0.2, 0) is 14.3 Å². The van der Waals surface area contributed by atoms with Gasteiger partial charge in [0.15, 0.2) is 6.61 Å². The van der Waals surface area contributed by atoms with Crippen LogP contribution in [0.15, 0.2) is 24.3 Å². The van der Waals surface area contributed by atoms with Gasteiger partial charge in [0.2, 0.25) is 0 Å². The van der Waals surface area contributed by atoms with Crippen LogP contribution in [-0.4, -0.2) is 45.8 Å². The van der Waals surface area contributed by atoms with E-state index in [2.05, 4.69) is 5.32 Å². The second-order valence-electron chi connectivity index (χ2n) is 4.18. The van der Waals surface area contributed by atoms with Crippen molar-refractivity contribution in [1.82, 2.24) is 10.6 Å². The van der Waals surface area contributed by atoms with Crippen molar-refractivity contribution in [2.24, 2.45) is 0 Å². The zero-order chi connectivity index (χ0) is 17.2. The monoisotopic (exact) mass is 322 g/mol. The predicted molar refractivity (Wildman–Crippen MR) is 82.1 cm³/mol. The Labute approximate surface area is 133 Å². The number of ether oxygens (including phenoxy) is 3. The molecule has 0 bridgehead atoms. The van der Waals surface area contributed by atoms with Gasteiger partial charge in [-0.2, -0.15) is 0 Å². The van der Waals surface area contributed by atoms with Crippen molar-refractivity contribution in [3.8, 4) is 11.5 Å². The molecule has 8 nitrogen and oxygen atoms in total. The molecule has 0 saturated carbocycles. The van der Waals surface area contributed by atoms with Gasteiger partial charge in [-0.3, -0.25) is 10.1 Å². The summed E-state index contributed by atoms with van der Waals surface area (Å²) >= 11 is 0. The van der Waals surface area contributed by atoms with Crippen molar-refractivity contribution < 1.29 is 28.6 Å². The molecule has 0 heterocycles. The van der Waals surface area contributed by atoms with Crippen LogP contribution < -0.4 is 20.1 Å². The molecule has 0 saturated heterocycles. The van der Waals surface area contributed by atoms with Gasteiger partial charge in [0.25, 0.3) is 5.91 Å². The average molecular weight is 322 g/mol. The Bertz CT molecular complexity index is 612. The molecule has 0 spiro atoms. The number of methoxy groups -OCH3 is 2. The van der Waals surface area contributed by atoms with Gasteiger partial charge in [-0.15, -0.1) is 0 Å². The summed E-state index contributed by atoms with van der Waals surface area (Å²) in [4.78, 5) is 33.7. The van der Waals surface area contributed by atoms with Crippen molar-refractivity contribution >= 4 is 24.0 Å². The largest absolute Gasteiger partial charge is 0.497 e. The van der Waals surface area contributed by atoms with Crippen LogP contribution in [0.25, 0.3) is 6.08 Å². The standard InChI is InChI=1S/C15H18N2O6/c1-16-15(20)17-13(18)9-23-14(19)7-5-10-4-6-11(21-2)8-12(10)22-3/h4-8H,9H2,1-3H3,(H2,16,17,18,20)/b7-5+. The van der Waals surface area contributed by atoms with Gasteiger partial charge in [-0.05, 0) is 18.2 Å². The highest BCUT2D eigenvalue weighted by atomic mass is 16.5. The minimum absolute atomic E-state index is 0.519. The molecule has 0 radical (unpaired) electrons. The molecule has 0 unspecified atom stereocenters. The highest BCUT2D eigenvalue weighted by molar-refractivity contribution is 5.96. The summed E-state index contributed by atoms with van der Waals surface area (Å²) < 4.78 is 15.0. The van der Waals surface area contributed by atoms with Gasteiger partial charge < -0.3 is 19.5 Å². The van der Waals surface area contributed by atoms with Gasteiger partial charge in [0, 0.05) is 24.8 Å². The van der Waals surface area contributed by atoms with Crippen molar-refractivity contribution in [3.63, 3.8) is 0 Å². The number of hydrogen-bond acceptors (Lipinski definition) is 6. The fraction of sp³-hybridized carbons (Fsp3) is 0.267. The first-order valence-electron chi connectivity index (χ1n) is 6.58. The normalized spacial score (nSPS) is 10.0. The molecule has 2 N–H and O–H groups in total. The number of benzene rings is 1. The molecule has 0 aliphatic carbocycles. The Morgan fingerprint density at radius 1 is 1.17 bits per heavy atom. The minimum Gasteiger partial charge on any atom is -0.497 e. The Morgan fingerprint density at radius 2 is 1.91 bits per heavy atom. The number of carbonyl (C=O) groups is 3. The molecule has 23 heavy (non-hydrogen) atoms. The maximum absolute atomic E-state index is 11.5. The number of rotatable bonds is 6.